The van der Waals surface area contributed by atoms with E-state index in [1.165, 1.54) is 0 Å². The number of rotatable bonds is 2. The second-order valence-corrected chi connectivity index (χ2v) is 6.49. The Morgan fingerprint density at radius 1 is 0.542 bits per heavy atom. The molecule has 0 aliphatic carbocycles. The minimum absolute atomic E-state index is 0.0402. The Morgan fingerprint density at radius 3 is 1.29 bits per heavy atom. The molecule has 0 amide bonds. The van der Waals surface area contributed by atoms with Crippen molar-refractivity contribution in [3.63, 3.8) is 0 Å². The van der Waals surface area contributed by atoms with Crippen LogP contribution in [0.1, 0.15) is 0 Å². The van der Waals surface area contributed by atoms with Crippen molar-refractivity contribution < 1.29 is 0 Å². The molecule has 2 aliphatic rings. The second-order valence-electron chi connectivity index (χ2n) is 5.67. The van der Waals surface area contributed by atoms with Gasteiger partial charge in [0.1, 0.15) is 9.98 Å². The van der Waals surface area contributed by atoms with Crippen LogP contribution in [0.15, 0.2) is 72.1 Å². The number of hydrogen-bond acceptors (Lipinski definition) is 4. The number of nitrogens with one attached hydrogen (secondary N) is 4. The molecule has 116 valence electrons. The molecule has 8 heteroatoms. The summed E-state index contributed by atoms with van der Waals surface area (Å²) in [6, 6.07) is 20.3. The largest absolute Gasteiger partial charge is 0.406 e. The highest BCUT2D eigenvalue weighted by atomic mass is 32.1. The molecule has 4 nitrogen and oxygen atoms in total. The smallest absolute Gasteiger partial charge is 0.401 e. The van der Waals surface area contributed by atoms with Crippen LogP contribution in [0.2, 0.25) is 0 Å². The van der Waals surface area contributed by atoms with Gasteiger partial charge in [0.05, 0.1) is 11.4 Å². The molecule has 2 aromatic carbocycles. The monoisotopic (exact) mass is 348 g/mol. The zero-order valence-electron chi connectivity index (χ0n) is 12.7. The van der Waals surface area contributed by atoms with E-state index in [1.54, 1.807) is 0 Å². The molecular weight excluding hydrogens is 334 g/mol. The summed E-state index contributed by atoms with van der Waals surface area (Å²) in [6.45, 7) is -0.0804. The fourth-order valence-electron chi connectivity index (χ4n) is 2.89. The lowest BCUT2D eigenvalue weighted by atomic mass is 9.69. The molecule has 2 aliphatic heterocycles. The van der Waals surface area contributed by atoms with Crippen LogP contribution < -0.4 is 31.8 Å². The summed E-state index contributed by atoms with van der Waals surface area (Å²) in [5, 5.41) is 13.5. The highest BCUT2D eigenvalue weighted by Gasteiger charge is 2.37. The maximum atomic E-state index is 5.50. The van der Waals surface area contributed by atoms with Crippen molar-refractivity contribution >= 4 is 59.3 Å². The summed E-state index contributed by atoms with van der Waals surface area (Å²) < 4.78 is 0. The Balaban J connectivity index is 1.60. The predicted octanol–water partition coefficient (Wildman–Crippen LogP) is 0.0292. The van der Waals surface area contributed by atoms with Crippen molar-refractivity contribution in [2.24, 2.45) is 0 Å². The first-order valence-electron chi connectivity index (χ1n) is 7.71. The van der Waals surface area contributed by atoms with Gasteiger partial charge >= 0.3 is 14.0 Å². The lowest BCUT2D eigenvalue weighted by Crippen LogP contribution is -2.49. The van der Waals surface area contributed by atoms with Gasteiger partial charge in [-0.25, -0.2) is 0 Å². The Bertz CT molecular complexity index is 757. The van der Waals surface area contributed by atoms with Crippen LogP contribution >= 0.6 is 24.4 Å². The topological polar surface area (TPSA) is 48.1 Å². The molecule has 2 fully saturated rings. The summed E-state index contributed by atoms with van der Waals surface area (Å²) in [5.41, 5.74) is 3.95. The molecule has 0 radical (unpaired) electrons. The van der Waals surface area contributed by atoms with Crippen molar-refractivity contribution in [2.45, 2.75) is 0 Å². The van der Waals surface area contributed by atoms with E-state index in [9.17, 15) is 0 Å². The van der Waals surface area contributed by atoms with Gasteiger partial charge < -0.3 is 20.9 Å². The van der Waals surface area contributed by atoms with E-state index in [0.29, 0.717) is 9.98 Å². The van der Waals surface area contributed by atoms with Gasteiger partial charge in [-0.1, -0.05) is 85.1 Å². The Morgan fingerprint density at radius 2 is 0.917 bits per heavy atom. The first kappa shape index (κ1) is 15.2. The van der Waals surface area contributed by atoms with Gasteiger partial charge in [-0.2, -0.15) is 0 Å². The third kappa shape index (κ3) is 2.79. The average molecular weight is 348 g/mol. The maximum absolute atomic E-state index is 5.50. The van der Waals surface area contributed by atoms with Crippen molar-refractivity contribution in [3.05, 3.63) is 72.1 Å². The van der Waals surface area contributed by atoms with Gasteiger partial charge in [0.2, 0.25) is 0 Å². The molecule has 2 heterocycles. The van der Waals surface area contributed by atoms with Gasteiger partial charge in [-0.3, -0.25) is 0 Å². The molecule has 24 heavy (non-hydrogen) atoms. The lowest BCUT2D eigenvalue weighted by Gasteiger charge is -2.08. The van der Waals surface area contributed by atoms with Gasteiger partial charge in [0.25, 0.3) is 0 Å². The summed E-state index contributed by atoms with van der Waals surface area (Å²) in [7, 11) is 0. The number of benzene rings is 2. The minimum Gasteiger partial charge on any atom is -0.401 e. The van der Waals surface area contributed by atoms with Crippen molar-refractivity contribution in [1.29, 1.82) is 0 Å². The molecule has 0 atom stereocenters. The second kappa shape index (κ2) is 6.30. The summed E-state index contributed by atoms with van der Waals surface area (Å²) in [5.74, 6) is 0. The lowest BCUT2D eigenvalue weighted by molar-refractivity contribution is 1.19. The van der Waals surface area contributed by atoms with Crippen molar-refractivity contribution in [3.8, 4) is 0 Å². The fourth-order valence-corrected chi connectivity index (χ4v) is 3.45. The normalized spacial score (nSPS) is 19.7. The van der Waals surface area contributed by atoms with E-state index in [0.717, 1.165) is 22.3 Å². The summed E-state index contributed by atoms with van der Waals surface area (Å²) in [6.07, 6.45) is 0. The first-order chi connectivity index (χ1) is 11.7. The summed E-state index contributed by atoms with van der Waals surface area (Å²) in [4.78, 5) is 1.34. The van der Waals surface area contributed by atoms with Crippen LogP contribution in [-0.4, -0.2) is 23.9 Å². The molecule has 0 aromatic heterocycles. The zero-order valence-corrected chi connectivity index (χ0v) is 14.4. The van der Waals surface area contributed by atoms with Crippen LogP contribution in [0.5, 0.6) is 0 Å². The quantitative estimate of drug-likeness (QED) is 0.349. The molecule has 4 rings (SSSR count). The third-order valence-corrected chi connectivity index (χ3v) is 4.74. The van der Waals surface area contributed by atoms with Gasteiger partial charge in [0.15, 0.2) is 0 Å². The first-order valence-corrected chi connectivity index (χ1v) is 8.53. The van der Waals surface area contributed by atoms with E-state index in [-0.39, 0.29) is 14.0 Å². The van der Waals surface area contributed by atoms with Gasteiger partial charge in [-0.05, 0) is 10.9 Å². The van der Waals surface area contributed by atoms with Crippen LogP contribution in [0.4, 0.5) is 0 Å². The zero-order chi connectivity index (χ0) is 16.5. The Kier molecular flexibility index (Phi) is 4.00. The maximum Gasteiger partial charge on any atom is 0.406 e. The van der Waals surface area contributed by atoms with E-state index in [2.05, 4.69) is 45.2 Å². The Hall–Kier alpha value is -2.31. The van der Waals surface area contributed by atoms with Gasteiger partial charge in [0, 0.05) is 0 Å². The highest BCUT2D eigenvalue weighted by Crippen LogP contribution is 2.12. The van der Waals surface area contributed by atoms with Crippen LogP contribution in [0, 0.1) is 0 Å². The third-order valence-electron chi connectivity index (χ3n) is 4.10. The molecule has 2 saturated heterocycles. The van der Waals surface area contributed by atoms with Crippen LogP contribution in [-0.2, 0) is 0 Å². The average Bonchev–Trinajstić information content (AvgIpc) is 3.19. The molecule has 2 aromatic rings. The molecule has 0 saturated carbocycles. The molecular formula is C16H14B2N4S2. The fraction of sp³-hybridized carbons (Fsp3) is 0. The standard InChI is InChI=1S/C16H14B2N4S2/c23-15-13(19-17(21-15)11-7-3-1-4-8-11)14-16(24)22-18(20-14)12-9-5-2-6-10-12/h1-10,19-20H,(H,21,23)(H,22,24)/b14-13-. The molecule has 0 unspecified atom stereocenters. The molecule has 0 bridgehead atoms. The van der Waals surface area contributed by atoms with Crippen molar-refractivity contribution in [1.82, 2.24) is 20.9 Å². The van der Waals surface area contributed by atoms with Crippen LogP contribution in [0.25, 0.3) is 0 Å². The van der Waals surface area contributed by atoms with E-state index in [1.807, 2.05) is 36.4 Å². The van der Waals surface area contributed by atoms with Crippen molar-refractivity contribution in [2.75, 3.05) is 0 Å². The highest BCUT2D eigenvalue weighted by molar-refractivity contribution is 7.81. The van der Waals surface area contributed by atoms with Crippen LogP contribution in [0.3, 0.4) is 0 Å². The van der Waals surface area contributed by atoms with E-state index in [4.69, 9.17) is 24.4 Å². The molecule has 4 N–H and O–H groups in total. The molecule has 0 spiro atoms. The Labute approximate surface area is 152 Å². The SMILES string of the molecule is S=C1NB(c2ccccc2)N/C1=C1\NB(c2ccccc2)NC1=S. The minimum atomic E-state index is -0.0402. The predicted molar refractivity (Wildman–Crippen MR) is 108 cm³/mol. The van der Waals surface area contributed by atoms with E-state index >= 15 is 0 Å². The number of thiocarbonyl (C=S) groups is 2. The summed E-state index contributed by atoms with van der Waals surface area (Å²) >= 11 is 11.0. The number of hydrogen-bond donors (Lipinski definition) is 4. The van der Waals surface area contributed by atoms with Gasteiger partial charge in [-0.15, -0.1) is 0 Å². The van der Waals surface area contributed by atoms with E-state index < -0.39 is 0 Å².